The number of rotatable bonds is 6. The number of hydrogen-bond acceptors (Lipinski definition) is 6. The number of hydrogen-bond donors (Lipinski definition) is 0. The molecule has 0 saturated heterocycles. The standard InChI is InChI=1S/C23H27N3O4/c1-4-29-22(27)19-15-26(23(28)30-16-17-11-7-5-8-12-17)20(24-21(19)25(2)3)18-13-9-6-10-14-18/h5-14,19,21H,4,15-16H2,1-3H3. The van der Waals surface area contributed by atoms with Crippen molar-refractivity contribution in [2.45, 2.75) is 19.7 Å². The van der Waals surface area contributed by atoms with Crippen molar-refractivity contribution in [3.8, 4) is 0 Å². The minimum atomic E-state index is -0.614. The van der Waals surface area contributed by atoms with Crippen molar-refractivity contribution in [3.05, 3.63) is 71.8 Å². The number of esters is 1. The van der Waals surface area contributed by atoms with Crippen LogP contribution in [0.1, 0.15) is 18.1 Å². The maximum atomic E-state index is 13.0. The molecule has 1 aliphatic heterocycles. The van der Waals surface area contributed by atoms with E-state index in [1.54, 1.807) is 6.92 Å². The van der Waals surface area contributed by atoms with E-state index in [0.29, 0.717) is 5.84 Å². The molecule has 0 aliphatic carbocycles. The van der Waals surface area contributed by atoms with Crippen LogP contribution < -0.4 is 0 Å². The van der Waals surface area contributed by atoms with Gasteiger partial charge < -0.3 is 9.47 Å². The number of nitrogens with zero attached hydrogens (tertiary/aromatic N) is 3. The van der Waals surface area contributed by atoms with Gasteiger partial charge in [-0.2, -0.15) is 0 Å². The molecule has 2 atom stereocenters. The zero-order valence-corrected chi connectivity index (χ0v) is 17.5. The van der Waals surface area contributed by atoms with Gasteiger partial charge in [-0.3, -0.25) is 14.6 Å². The topological polar surface area (TPSA) is 71.4 Å². The third kappa shape index (κ3) is 5.04. The molecule has 1 amide bonds. The molecule has 3 rings (SSSR count). The van der Waals surface area contributed by atoms with Crippen LogP contribution in [0.4, 0.5) is 4.79 Å². The summed E-state index contributed by atoms with van der Waals surface area (Å²) in [5.74, 6) is -0.516. The van der Waals surface area contributed by atoms with Crippen LogP contribution in [0.3, 0.4) is 0 Å². The first-order valence-corrected chi connectivity index (χ1v) is 9.95. The number of amidine groups is 1. The second-order valence-electron chi connectivity index (χ2n) is 7.21. The van der Waals surface area contributed by atoms with Crippen molar-refractivity contribution >= 4 is 17.9 Å². The minimum absolute atomic E-state index is 0.128. The molecule has 7 heteroatoms. The Morgan fingerprint density at radius 2 is 1.67 bits per heavy atom. The van der Waals surface area contributed by atoms with Gasteiger partial charge in [-0.15, -0.1) is 0 Å². The molecule has 2 unspecified atom stereocenters. The van der Waals surface area contributed by atoms with Crippen molar-refractivity contribution in [1.29, 1.82) is 0 Å². The lowest BCUT2D eigenvalue weighted by Crippen LogP contribution is -2.54. The molecule has 2 aromatic carbocycles. The summed E-state index contributed by atoms with van der Waals surface area (Å²) in [5.41, 5.74) is 1.66. The predicted octanol–water partition coefficient (Wildman–Crippen LogP) is 3.15. The smallest absolute Gasteiger partial charge is 0.415 e. The molecule has 158 valence electrons. The van der Waals surface area contributed by atoms with Gasteiger partial charge in [0.1, 0.15) is 24.5 Å². The van der Waals surface area contributed by atoms with Crippen LogP contribution >= 0.6 is 0 Å². The number of carbonyl (C=O) groups excluding carboxylic acids is 2. The lowest BCUT2D eigenvalue weighted by molar-refractivity contribution is -0.150. The van der Waals surface area contributed by atoms with E-state index in [4.69, 9.17) is 14.5 Å². The molecule has 1 aliphatic rings. The van der Waals surface area contributed by atoms with E-state index in [9.17, 15) is 9.59 Å². The van der Waals surface area contributed by atoms with Crippen LogP contribution in [0.5, 0.6) is 0 Å². The number of benzene rings is 2. The zero-order chi connectivity index (χ0) is 21.5. The lowest BCUT2D eigenvalue weighted by Gasteiger charge is -2.37. The molecule has 0 fully saturated rings. The van der Waals surface area contributed by atoms with E-state index < -0.39 is 18.2 Å². The third-order valence-corrected chi connectivity index (χ3v) is 4.83. The first-order valence-electron chi connectivity index (χ1n) is 9.95. The van der Waals surface area contributed by atoms with E-state index in [1.807, 2.05) is 79.7 Å². The number of carbonyl (C=O) groups is 2. The second kappa shape index (κ2) is 10.0. The number of ether oxygens (including phenoxy) is 2. The van der Waals surface area contributed by atoms with Crippen LogP contribution in [0.2, 0.25) is 0 Å². The fourth-order valence-electron chi connectivity index (χ4n) is 3.36. The Balaban J connectivity index is 1.91. The molecule has 0 spiro atoms. The summed E-state index contributed by atoms with van der Waals surface area (Å²) in [5, 5.41) is 0. The fraction of sp³-hybridized carbons (Fsp3) is 0.348. The molecule has 0 saturated carbocycles. The molecule has 0 N–H and O–H groups in total. The summed E-state index contributed by atoms with van der Waals surface area (Å²) in [6, 6.07) is 18.9. The Morgan fingerprint density at radius 1 is 1.03 bits per heavy atom. The van der Waals surface area contributed by atoms with E-state index in [-0.39, 0.29) is 25.7 Å². The van der Waals surface area contributed by atoms with E-state index in [1.165, 1.54) is 4.90 Å². The Labute approximate surface area is 176 Å². The predicted molar refractivity (Wildman–Crippen MR) is 114 cm³/mol. The highest BCUT2D eigenvalue weighted by molar-refractivity contribution is 6.07. The highest BCUT2D eigenvalue weighted by atomic mass is 16.6. The van der Waals surface area contributed by atoms with E-state index in [2.05, 4.69) is 0 Å². The minimum Gasteiger partial charge on any atom is -0.466 e. The molecule has 0 bridgehead atoms. The van der Waals surface area contributed by atoms with Gasteiger partial charge in [0.05, 0.1) is 6.61 Å². The normalized spacial score (nSPS) is 18.7. The molecule has 0 radical (unpaired) electrons. The van der Waals surface area contributed by atoms with Crippen LogP contribution in [0.25, 0.3) is 0 Å². The van der Waals surface area contributed by atoms with Gasteiger partial charge >= 0.3 is 12.1 Å². The molecule has 7 nitrogen and oxygen atoms in total. The first kappa shape index (κ1) is 21.5. The SMILES string of the molecule is CCOC(=O)C1CN(C(=O)OCc2ccccc2)C(c2ccccc2)=NC1N(C)C. The second-order valence-corrected chi connectivity index (χ2v) is 7.21. The Hall–Kier alpha value is -3.19. The molecular formula is C23H27N3O4. The van der Waals surface area contributed by atoms with Crippen LogP contribution in [-0.2, 0) is 20.9 Å². The van der Waals surface area contributed by atoms with Gasteiger partial charge in [0, 0.05) is 12.1 Å². The van der Waals surface area contributed by atoms with Crippen molar-refractivity contribution in [1.82, 2.24) is 9.80 Å². The Kier molecular flexibility index (Phi) is 7.19. The summed E-state index contributed by atoms with van der Waals surface area (Å²) >= 11 is 0. The van der Waals surface area contributed by atoms with Crippen molar-refractivity contribution < 1.29 is 19.1 Å². The van der Waals surface area contributed by atoms with Crippen molar-refractivity contribution in [2.75, 3.05) is 27.2 Å². The quantitative estimate of drug-likeness (QED) is 0.686. The average Bonchev–Trinajstić information content (AvgIpc) is 2.78. The third-order valence-electron chi connectivity index (χ3n) is 4.83. The highest BCUT2D eigenvalue weighted by Gasteiger charge is 2.41. The molecule has 2 aromatic rings. The summed E-state index contributed by atoms with van der Waals surface area (Å²) in [6.07, 6.45) is -0.995. The van der Waals surface area contributed by atoms with Crippen LogP contribution in [0.15, 0.2) is 65.7 Å². The van der Waals surface area contributed by atoms with E-state index in [0.717, 1.165) is 11.1 Å². The summed E-state index contributed by atoms with van der Waals surface area (Å²) < 4.78 is 10.8. The van der Waals surface area contributed by atoms with Gasteiger partial charge in [-0.1, -0.05) is 60.7 Å². The fourth-order valence-corrected chi connectivity index (χ4v) is 3.36. The van der Waals surface area contributed by atoms with E-state index >= 15 is 0 Å². The maximum absolute atomic E-state index is 13.0. The number of aliphatic imine (C=N–C) groups is 1. The largest absolute Gasteiger partial charge is 0.466 e. The van der Waals surface area contributed by atoms with Gasteiger partial charge in [0.25, 0.3) is 0 Å². The van der Waals surface area contributed by atoms with Crippen molar-refractivity contribution in [3.63, 3.8) is 0 Å². The number of amides is 1. The zero-order valence-electron chi connectivity index (χ0n) is 17.5. The maximum Gasteiger partial charge on any atom is 0.415 e. The summed E-state index contributed by atoms with van der Waals surface area (Å²) in [4.78, 5) is 33.7. The molecule has 30 heavy (non-hydrogen) atoms. The summed E-state index contributed by atoms with van der Waals surface area (Å²) in [7, 11) is 3.71. The molecular weight excluding hydrogens is 382 g/mol. The monoisotopic (exact) mass is 409 g/mol. The van der Waals surface area contributed by atoms with Gasteiger partial charge in [-0.25, -0.2) is 9.79 Å². The first-order chi connectivity index (χ1) is 14.5. The van der Waals surface area contributed by atoms with Gasteiger partial charge in [0.2, 0.25) is 0 Å². The molecule has 0 aromatic heterocycles. The van der Waals surface area contributed by atoms with Crippen LogP contribution in [-0.4, -0.2) is 61.1 Å². The molecule has 1 heterocycles. The summed E-state index contributed by atoms with van der Waals surface area (Å²) in [6.45, 7) is 2.29. The Bertz CT molecular complexity index is 884. The van der Waals surface area contributed by atoms with Gasteiger partial charge in [0.15, 0.2) is 0 Å². The van der Waals surface area contributed by atoms with Crippen molar-refractivity contribution in [2.24, 2.45) is 10.9 Å². The van der Waals surface area contributed by atoms with Gasteiger partial charge in [-0.05, 0) is 26.6 Å². The average molecular weight is 409 g/mol. The highest BCUT2D eigenvalue weighted by Crippen LogP contribution is 2.24. The van der Waals surface area contributed by atoms with Crippen LogP contribution in [0, 0.1) is 5.92 Å². The Morgan fingerprint density at radius 3 is 2.27 bits per heavy atom. The lowest BCUT2D eigenvalue weighted by atomic mass is 10.0.